The van der Waals surface area contributed by atoms with E-state index in [0.717, 1.165) is 50.8 Å². The van der Waals surface area contributed by atoms with E-state index in [1.54, 1.807) is 11.3 Å². The lowest BCUT2D eigenvalue weighted by Gasteiger charge is -2.34. The van der Waals surface area contributed by atoms with Crippen LogP contribution in [0.4, 0.5) is 34.1 Å². The Labute approximate surface area is 460 Å². The zero-order valence-electron chi connectivity index (χ0n) is 46.2. The summed E-state index contributed by atoms with van der Waals surface area (Å²) in [4.78, 5) is 4.84. The number of nitrogens with zero attached hydrogens (tertiary/aromatic N) is 2. The van der Waals surface area contributed by atoms with Crippen molar-refractivity contribution in [1.29, 1.82) is 0 Å². The van der Waals surface area contributed by atoms with Crippen LogP contribution in [0.1, 0.15) is 105 Å². The van der Waals surface area contributed by atoms with Gasteiger partial charge in [-0.1, -0.05) is 228 Å². The van der Waals surface area contributed by atoms with E-state index in [4.69, 9.17) is 11.6 Å². The van der Waals surface area contributed by atoms with E-state index < -0.39 is 0 Å². The number of anilines is 6. The SMILES string of the molecule is CC(C)(C)c1ccc(-c2ccc(N(c3ccc(C(C)(C)C)cc3-c3ccc4c5ccccc5c5ccccc5c4c3)c3cccc(N(c4ccccc4C(C)(C)C)c4csc5ccc(C(C)(C)C)cc45)c3Cl)cc2)cc1. The molecule has 0 saturated heterocycles. The third-order valence-corrected chi connectivity index (χ3v) is 16.8. The number of para-hydroxylation sites is 1. The summed E-state index contributed by atoms with van der Waals surface area (Å²) in [7, 11) is 0. The zero-order chi connectivity index (χ0) is 53.5. The minimum absolute atomic E-state index is 0.0305. The first-order chi connectivity index (χ1) is 36.1. The van der Waals surface area contributed by atoms with Crippen molar-refractivity contribution in [2.24, 2.45) is 0 Å². The molecule has 0 spiro atoms. The van der Waals surface area contributed by atoms with Crippen molar-refractivity contribution >= 4 is 99.5 Å². The Hall–Kier alpha value is -7.17. The van der Waals surface area contributed by atoms with Crippen LogP contribution in [-0.2, 0) is 21.7 Å². The van der Waals surface area contributed by atoms with Gasteiger partial charge >= 0.3 is 0 Å². The first-order valence-corrected chi connectivity index (χ1v) is 28.1. The van der Waals surface area contributed by atoms with Crippen LogP contribution in [-0.4, -0.2) is 0 Å². The molecular formula is C72H69ClN2S. The van der Waals surface area contributed by atoms with Gasteiger partial charge in [0.2, 0.25) is 0 Å². The lowest BCUT2D eigenvalue weighted by atomic mass is 9.84. The largest absolute Gasteiger partial charge is 0.308 e. The van der Waals surface area contributed by atoms with Crippen molar-refractivity contribution < 1.29 is 0 Å². The lowest BCUT2D eigenvalue weighted by molar-refractivity contribution is 0.590. The van der Waals surface area contributed by atoms with Crippen LogP contribution in [0.25, 0.3) is 64.7 Å². The van der Waals surface area contributed by atoms with E-state index in [9.17, 15) is 0 Å². The maximum absolute atomic E-state index is 8.29. The van der Waals surface area contributed by atoms with Crippen molar-refractivity contribution in [3.8, 4) is 22.3 Å². The van der Waals surface area contributed by atoms with Crippen molar-refractivity contribution in [2.45, 2.75) is 105 Å². The Balaban J connectivity index is 1.18. The minimum Gasteiger partial charge on any atom is -0.308 e. The monoisotopic (exact) mass is 1030 g/mol. The van der Waals surface area contributed by atoms with Crippen LogP contribution in [0, 0.1) is 0 Å². The van der Waals surface area contributed by atoms with Gasteiger partial charge in [0.25, 0.3) is 0 Å². The molecule has 10 aromatic carbocycles. The Kier molecular flexibility index (Phi) is 12.8. The average Bonchev–Trinajstić information content (AvgIpc) is 3.85. The predicted molar refractivity (Wildman–Crippen MR) is 334 cm³/mol. The Morgan fingerprint density at radius 2 is 0.803 bits per heavy atom. The number of hydrogen-bond donors (Lipinski definition) is 0. The molecule has 11 rings (SSSR count). The summed E-state index contributed by atoms with van der Waals surface area (Å²) in [6.07, 6.45) is 0. The molecular weight excluding hydrogens is 960 g/mol. The smallest absolute Gasteiger partial charge is 0.0887 e. The molecule has 380 valence electrons. The number of benzene rings is 10. The molecule has 0 aliphatic carbocycles. The molecule has 11 aromatic rings. The summed E-state index contributed by atoms with van der Waals surface area (Å²) in [6, 6.07) is 72.4. The fraction of sp³-hybridized carbons (Fsp3) is 0.222. The fourth-order valence-corrected chi connectivity index (χ4v) is 12.3. The summed E-state index contributed by atoms with van der Waals surface area (Å²) >= 11 is 10.1. The van der Waals surface area contributed by atoms with Gasteiger partial charge in [-0.3, -0.25) is 0 Å². The molecule has 0 atom stereocenters. The molecule has 0 bridgehead atoms. The van der Waals surface area contributed by atoms with E-state index in [-0.39, 0.29) is 21.7 Å². The van der Waals surface area contributed by atoms with Gasteiger partial charge in [0.1, 0.15) is 0 Å². The van der Waals surface area contributed by atoms with Crippen molar-refractivity contribution in [3.63, 3.8) is 0 Å². The number of fused-ring (bicyclic) bond motifs is 7. The minimum atomic E-state index is -0.163. The predicted octanol–water partition coefficient (Wildman–Crippen LogP) is 22.5. The van der Waals surface area contributed by atoms with E-state index in [1.807, 2.05) is 0 Å². The van der Waals surface area contributed by atoms with Crippen LogP contribution >= 0.6 is 22.9 Å². The number of rotatable bonds is 8. The number of thiophene rings is 1. The molecule has 0 aliphatic heterocycles. The van der Waals surface area contributed by atoms with Gasteiger partial charge in [0.05, 0.1) is 27.8 Å². The first-order valence-electron chi connectivity index (χ1n) is 26.8. The van der Waals surface area contributed by atoms with Crippen LogP contribution in [0.15, 0.2) is 200 Å². The molecule has 0 aliphatic rings. The summed E-state index contributed by atoms with van der Waals surface area (Å²) in [5, 5.41) is 11.7. The van der Waals surface area contributed by atoms with Crippen LogP contribution < -0.4 is 9.80 Å². The van der Waals surface area contributed by atoms with E-state index in [0.29, 0.717) is 5.02 Å². The first kappa shape index (κ1) is 51.0. The topological polar surface area (TPSA) is 6.48 Å². The zero-order valence-corrected chi connectivity index (χ0v) is 47.8. The highest BCUT2D eigenvalue weighted by atomic mass is 35.5. The van der Waals surface area contributed by atoms with Crippen molar-refractivity contribution in [2.75, 3.05) is 9.80 Å². The van der Waals surface area contributed by atoms with Gasteiger partial charge in [-0.15, -0.1) is 11.3 Å². The summed E-state index contributed by atoms with van der Waals surface area (Å²) in [6.45, 7) is 27.5. The average molecular weight is 1030 g/mol. The van der Waals surface area contributed by atoms with E-state index >= 15 is 0 Å². The molecule has 0 amide bonds. The van der Waals surface area contributed by atoms with Gasteiger partial charge in [0.15, 0.2) is 0 Å². The summed E-state index contributed by atoms with van der Waals surface area (Å²) in [5.74, 6) is 0. The Bertz CT molecular complexity index is 3950. The highest BCUT2D eigenvalue weighted by Gasteiger charge is 2.30. The molecule has 1 aromatic heterocycles. The lowest BCUT2D eigenvalue weighted by Crippen LogP contribution is -2.20. The summed E-state index contributed by atoms with van der Waals surface area (Å²) < 4.78 is 1.24. The maximum atomic E-state index is 8.29. The molecule has 0 radical (unpaired) electrons. The van der Waals surface area contributed by atoms with Gasteiger partial charge in [-0.05, 0) is 154 Å². The van der Waals surface area contributed by atoms with Crippen LogP contribution in [0.2, 0.25) is 5.02 Å². The highest BCUT2D eigenvalue weighted by molar-refractivity contribution is 7.17. The number of hydrogen-bond acceptors (Lipinski definition) is 3. The fourth-order valence-electron chi connectivity index (χ4n) is 11.1. The van der Waals surface area contributed by atoms with Gasteiger partial charge in [-0.25, -0.2) is 0 Å². The molecule has 1 heterocycles. The Morgan fingerprint density at radius 1 is 0.329 bits per heavy atom. The summed E-state index contributed by atoms with van der Waals surface area (Å²) in [5.41, 5.74) is 15.5. The quantitative estimate of drug-likeness (QED) is 0.140. The molecule has 0 N–H and O–H groups in total. The van der Waals surface area contributed by atoms with Crippen LogP contribution in [0.3, 0.4) is 0 Å². The molecule has 0 saturated carbocycles. The maximum Gasteiger partial charge on any atom is 0.0887 e. The highest BCUT2D eigenvalue weighted by Crippen LogP contribution is 2.53. The third-order valence-electron chi connectivity index (χ3n) is 15.4. The molecule has 2 nitrogen and oxygen atoms in total. The van der Waals surface area contributed by atoms with Crippen molar-refractivity contribution in [3.05, 3.63) is 227 Å². The van der Waals surface area contributed by atoms with Gasteiger partial charge < -0.3 is 9.80 Å². The second-order valence-electron chi connectivity index (χ2n) is 24.8. The van der Waals surface area contributed by atoms with Crippen LogP contribution in [0.5, 0.6) is 0 Å². The molecule has 4 heteroatoms. The molecule has 0 fully saturated rings. The molecule has 0 unspecified atom stereocenters. The van der Waals surface area contributed by atoms with E-state index in [1.165, 1.54) is 70.2 Å². The second kappa shape index (κ2) is 19.1. The van der Waals surface area contributed by atoms with E-state index in [2.05, 4.69) is 292 Å². The second-order valence-corrected chi connectivity index (χ2v) is 26.1. The van der Waals surface area contributed by atoms with Gasteiger partial charge in [0, 0.05) is 32.4 Å². The standard InChI is InChI=1S/C72H69ClN2S/c1-69(2,3)49-33-28-46(29-34-49)47-30-37-52(38-31-47)74(62-40-35-50(70(4,5)6)43-58(62)48-32-39-57-55-22-14-13-20-53(55)54-21-15-16-23-56(54)59(57)42-48)64-26-19-27-65(68(64)73)75(63-25-18-17-24-61(63)72(10,11)12)66-45-76-67-41-36-51(44-60(66)67)71(7,8)9/h13-45H,1-12H3. The molecule has 76 heavy (non-hydrogen) atoms. The number of halogens is 1. The van der Waals surface area contributed by atoms with Gasteiger partial charge in [-0.2, -0.15) is 0 Å². The Morgan fingerprint density at radius 3 is 1.39 bits per heavy atom. The third kappa shape index (κ3) is 9.37. The van der Waals surface area contributed by atoms with Crippen molar-refractivity contribution in [1.82, 2.24) is 0 Å². The normalized spacial score (nSPS) is 12.5.